The molecule has 0 radical (unpaired) electrons. The first-order valence-electron chi connectivity index (χ1n) is 12.4. The van der Waals surface area contributed by atoms with Gasteiger partial charge in [0.1, 0.15) is 0 Å². The van der Waals surface area contributed by atoms with Crippen molar-refractivity contribution in [2.24, 2.45) is 17.8 Å². The number of nitrogens with zero attached hydrogens (tertiary/aromatic N) is 3. The number of carbonyl (C=O) groups is 1. The van der Waals surface area contributed by atoms with Gasteiger partial charge in [-0.3, -0.25) is 4.79 Å². The van der Waals surface area contributed by atoms with E-state index in [-0.39, 0.29) is 24.6 Å². The second-order valence-electron chi connectivity index (χ2n) is 10.9. The molecule has 4 bridgehead atoms. The number of aromatic nitrogens is 2. The van der Waals surface area contributed by atoms with E-state index >= 15 is 0 Å². The first kappa shape index (κ1) is 20.8. The summed E-state index contributed by atoms with van der Waals surface area (Å²) in [6, 6.07) is -0.0113. The van der Waals surface area contributed by atoms with Crippen molar-refractivity contribution < 1.29 is 19.7 Å². The van der Waals surface area contributed by atoms with Crippen molar-refractivity contribution >= 4 is 11.9 Å². The molecule has 6 aliphatic rings. The third kappa shape index (κ3) is 3.51. The maximum atomic E-state index is 13.5. The van der Waals surface area contributed by atoms with Gasteiger partial charge in [0.05, 0.1) is 42.7 Å². The summed E-state index contributed by atoms with van der Waals surface area (Å²) in [6.07, 6.45) is 9.76. The van der Waals surface area contributed by atoms with E-state index in [1.54, 1.807) is 6.20 Å². The standard InChI is InChI=1S/C24H34N4O4/c29-12-18-13-32-5-4-28(18)23-25-11-19(21(27-23)15-2-1-3-15)22(30)26-20-16-6-14-7-17(20)10-24(31,8-14)9-16/h11,14-18,20,29,31H,1-10,12-13H2,(H,26,30)/t14?,16?,17?,18?,20-,24+. The van der Waals surface area contributed by atoms with Gasteiger partial charge < -0.3 is 25.2 Å². The molecule has 1 saturated heterocycles. The Bertz CT molecular complexity index is 875. The zero-order valence-electron chi connectivity index (χ0n) is 18.6. The summed E-state index contributed by atoms with van der Waals surface area (Å²) in [5.41, 5.74) is 0.949. The Morgan fingerprint density at radius 3 is 2.69 bits per heavy atom. The zero-order valence-corrected chi connectivity index (χ0v) is 18.6. The van der Waals surface area contributed by atoms with Crippen molar-refractivity contribution in [3.05, 3.63) is 17.5 Å². The molecule has 3 N–H and O–H groups in total. The van der Waals surface area contributed by atoms with E-state index in [9.17, 15) is 15.0 Å². The number of nitrogens with one attached hydrogen (secondary N) is 1. The number of anilines is 1. The highest BCUT2D eigenvalue weighted by Gasteiger charge is 2.55. The minimum atomic E-state index is -0.499. The van der Waals surface area contributed by atoms with E-state index in [2.05, 4.69) is 10.3 Å². The fraction of sp³-hybridized carbons (Fsp3) is 0.792. The number of hydrogen-bond donors (Lipinski definition) is 3. The zero-order chi connectivity index (χ0) is 21.9. The van der Waals surface area contributed by atoms with Crippen LogP contribution in [0.4, 0.5) is 5.95 Å². The Hall–Kier alpha value is -1.77. The molecule has 1 aromatic heterocycles. The molecule has 32 heavy (non-hydrogen) atoms. The molecule has 3 unspecified atom stereocenters. The highest BCUT2D eigenvalue weighted by molar-refractivity contribution is 5.95. The predicted molar refractivity (Wildman–Crippen MR) is 117 cm³/mol. The Morgan fingerprint density at radius 1 is 1.25 bits per heavy atom. The molecule has 1 amide bonds. The van der Waals surface area contributed by atoms with Crippen molar-refractivity contribution in [2.75, 3.05) is 31.3 Å². The van der Waals surface area contributed by atoms with Crippen LogP contribution >= 0.6 is 0 Å². The summed E-state index contributed by atoms with van der Waals surface area (Å²) in [7, 11) is 0. The highest BCUT2D eigenvalue weighted by atomic mass is 16.5. The lowest BCUT2D eigenvalue weighted by atomic mass is 9.52. The van der Waals surface area contributed by atoms with Gasteiger partial charge >= 0.3 is 0 Å². The summed E-state index contributed by atoms with van der Waals surface area (Å²) in [5, 5.41) is 24.0. The van der Waals surface area contributed by atoms with Crippen LogP contribution in [0.2, 0.25) is 0 Å². The molecule has 3 atom stereocenters. The summed E-state index contributed by atoms with van der Waals surface area (Å²) >= 11 is 0. The first-order valence-corrected chi connectivity index (χ1v) is 12.4. The van der Waals surface area contributed by atoms with E-state index in [1.807, 2.05) is 4.90 Å². The smallest absolute Gasteiger partial charge is 0.254 e. The Balaban J connectivity index is 1.25. The van der Waals surface area contributed by atoms with Crippen LogP contribution in [0.1, 0.15) is 73.3 Å². The minimum Gasteiger partial charge on any atom is -0.394 e. The van der Waals surface area contributed by atoms with Crippen molar-refractivity contribution in [3.8, 4) is 0 Å². The van der Waals surface area contributed by atoms with Gasteiger partial charge in [0.25, 0.3) is 5.91 Å². The summed E-state index contributed by atoms with van der Waals surface area (Å²) in [5.74, 6) is 2.19. The van der Waals surface area contributed by atoms with Crippen LogP contribution in [-0.2, 0) is 4.74 Å². The number of ether oxygens (including phenoxy) is 1. The third-order valence-electron chi connectivity index (χ3n) is 8.78. The van der Waals surface area contributed by atoms with Crippen LogP contribution in [0.5, 0.6) is 0 Å². The predicted octanol–water partition coefficient (Wildman–Crippen LogP) is 1.61. The lowest BCUT2D eigenvalue weighted by Crippen LogP contribution is -2.61. The summed E-state index contributed by atoms with van der Waals surface area (Å²) < 4.78 is 5.50. The minimum absolute atomic E-state index is 0.0117. The molecular weight excluding hydrogens is 408 g/mol. The Kier molecular flexibility index (Phi) is 5.15. The largest absolute Gasteiger partial charge is 0.394 e. The van der Waals surface area contributed by atoms with Crippen LogP contribution in [0.25, 0.3) is 0 Å². The van der Waals surface area contributed by atoms with Gasteiger partial charge in [-0.05, 0) is 62.7 Å². The molecule has 8 nitrogen and oxygen atoms in total. The van der Waals surface area contributed by atoms with Gasteiger partial charge in [0, 0.05) is 24.7 Å². The number of hydrogen-bond acceptors (Lipinski definition) is 7. The van der Waals surface area contributed by atoms with Crippen molar-refractivity contribution in [1.82, 2.24) is 15.3 Å². The lowest BCUT2D eigenvalue weighted by Gasteiger charge is -2.58. The van der Waals surface area contributed by atoms with E-state index in [0.717, 1.165) is 57.1 Å². The molecule has 7 rings (SSSR count). The number of aliphatic hydroxyl groups is 2. The Labute approximate surface area is 188 Å². The second kappa shape index (κ2) is 7.92. The number of carbonyl (C=O) groups excluding carboxylic acids is 1. The molecular formula is C24H34N4O4. The van der Waals surface area contributed by atoms with Crippen molar-refractivity contribution in [3.63, 3.8) is 0 Å². The Morgan fingerprint density at radius 2 is 2.03 bits per heavy atom. The molecule has 2 heterocycles. The summed E-state index contributed by atoms with van der Waals surface area (Å²) in [6.45, 7) is 1.66. The second-order valence-corrected chi connectivity index (χ2v) is 10.9. The van der Waals surface area contributed by atoms with Gasteiger partial charge in [0.2, 0.25) is 5.95 Å². The van der Waals surface area contributed by atoms with E-state index in [4.69, 9.17) is 9.72 Å². The van der Waals surface area contributed by atoms with Crippen LogP contribution in [0.15, 0.2) is 6.20 Å². The number of amides is 1. The van der Waals surface area contributed by atoms with Crippen molar-refractivity contribution in [1.29, 1.82) is 0 Å². The van der Waals surface area contributed by atoms with Gasteiger partial charge in [-0.15, -0.1) is 0 Å². The molecule has 1 aliphatic heterocycles. The first-order chi connectivity index (χ1) is 15.5. The molecule has 8 heteroatoms. The third-order valence-corrected chi connectivity index (χ3v) is 8.78. The van der Waals surface area contributed by atoms with Crippen LogP contribution in [0, 0.1) is 17.8 Å². The van der Waals surface area contributed by atoms with E-state index in [0.29, 0.717) is 54.9 Å². The monoisotopic (exact) mass is 442 g/mol. The quantitative estimate of drug-likeness (QED) is 0.636. The van der Waals surface area contributed by atoms with Crippen LogP contribution in [-0.4, -0.2) is 70.1 Å². The van der Waals surface area contributed by atoms with Crippen LogP contribution < -0.4 is 10.2 Å². The molecule has 6 fully saturated rings. The maximum Gasteiger partial charge on any atom is 0.254 e. The molecule has 174 valence electrons. The highest BCUT2D eigenvalue weighted by Crippen LogP contribution is 2.55. The average molecular weight is 443 g/mol. The molecule has 5 saturated carbocycles. The SMILES string of the molecule is O=C(N[C@H]1C2CC3CC1C[C@@](O)(C3)C2)c1cnc(N2CCOCC2CO)nc1C1CCC1. The lowest BCUT2D eigenvalue weighted by molar-refractivity contribution is -0.136. The number of morpholine rings is 1. The van der Waals surface area contributed by atoms with E-state index in [1.165, 1.54) is 0 Å². The summed E-state index contributed by atoms with van der Waals surface area (Å²) in [4.78, 5) is 24.9. The fourth-order valence-electron chi connectivity index (χ4n) is 7.21. The number of rotatable bonds is 5. The van der Waals surface area contributed by atoms with Crippen LogP contribution in [0.3, 0.4) is 0 Å². The molecule has 0 spiro atoms. The molecule has 0 aromatic carbocycles. The normalized spacial score (nSPS) is 38.6. The topological polar surface area (TPSA) is 108 Å². The van der Waals surface area contributed by atoms with Gasteiger partial charge in [0.15, 0.2) is 0 Å². The fourth-order valence-corrected chi connectivity index (χ4v) is 7.21. The van der Waals surface area contributed by atoms with E-state index < -0.39 is 5.60 Å². The van der Waals surface area contributed by atoms with Gasteiger partial charge in [-0.1, -0.05) is 6.42 Å². The maximum absolute atomic E-state index is 13.5. The van der Waals surface area contributed by atoms with Crippen molar-refractivity contribution in [2.45, 2.75) is 75.0 Å². The molecule has 1 aromatic rings. The van der Waals surface area contributed by atoms with Gasteiger partial charge in [-0.2, -0.15) is 0 Å². The molecule has 5 aliphatic carbocycles. The average Bonchev–Trinajstić information content (AvgIpc) is 2.73. The number of aliphatic hydroxyl groups excluding tert-OH is 1. The van der Waals surface area contributed by atoms with Gasteiger partial charge in [-0.25, -0.2) is 9.97 Å².